The lowest BCUT2D eigenvalue weighted by Crippen LogP contribution is -2.37. The van der Waals surface area contributed by atoms with Crippen LogP contribution in [0.4, 0.5) is 19.0 Å². The summed E-state index contributed by atoms with van der Waals surface area (Å²) in [5, 5.41) is 17.5. The number of aromatic amines is 1. The second-order valence-corrected chi connectivity index (χ2v) is 2.29. The van der Waals surface area contributed by atoms with Crippen LogP contribution in [0.15, 0.2) is 18.3 Å². The largest absolute Gasteiger partial charge is 0.542 e. The molecule has 0 aliphatic heterocycles. The highest BCUT2D eigenvalue weighted by Crippen LogP contribution is 2.11. The lowest BCUT2D eigenvalue weighted by molar-refractivity contribution is -0.361. The number of aromatic nitrogens is 1. The number of H-pyrrole nitrogens is 1. The molecule has 0 radical (unpaired) electrons. The zero-order valence-corrected chi connectivity index (χ0v) is 7.21. The molecule has 1 rings (SSSR count). The maximum absolute atomic E-state index is 10.5. The number of nitrogen functional groups attached to an aromatic ring is 1. The van der Waals surface area contributed by atoms with Gasteiger partial charge in [0.15, 0.2) is 5.75 Å². The number of anilines is 1. The Hall–Kier alpha value is -1.99. The van der Waals surface area contributed by atoms with E-state index >= 15 is 0 Å². The first kappa shape index (κ1) is 13.0. The van der Waals surface area contributed by atoms with Crippen LogP contribution in [-0.4, -0.2) is 17.3 Å². The Morgan fingerprint density at radius 1 is 1.47 bits per heavy atom. The molecule has 8 heteroatoms. The van der Waals surface area contributed by atoms with Crippen molar-refractivity contribution in [3.63, 3.8) is 0 Å². The molecule has 4 N–H and O–H groups in total. The second-order valence-electron chi connectivity index (χ2n) is 2.29. The van der Waals surface area contributed by atoms with Gasteiger partial charge in [-0.25, -0.2) is 4.98 Å². The minimum absolute atomic E-state index is 0.194. The van der Waals surface area contributed by atoms with Crippen LogP contribution in [0.5, 0.6) is 5.75 Å². The van der Waals surface area contributed by atoms with Crippen LogP contribution in [0.1, 0.15) is 0 Å². The van der Waals surface area contributed by atoms with Crippen LogP contribution in [0.3, 0.4) is 0 Å². The molecular weight excluding hydrogens is 217 g/mol. The highest BCUT2D eigenvalue weighted by molar-refractivity contribution is 5.70. The van der Waals surface area contributed by atoms with Crippen molar-refractivity contribution in [3.05, 3.63) is 18.3 Å². The first-order chi connectivity index (χ1) is 6.73. The maximum atomic E-state index is 10.5. The number of carboxylic acids is 1. The molecule has 1 aromatic heterocycles. The Balaban J connectivity index is 0.000000265. The van der Waals surface area contributed by atoms with Crippen LogP contribution in [0.25, 0.3) is 0 Å². The van der Waals surface area contributed by atoms with Crippen molar-refractivity contribution in [2.24, 2.45) is 0 Å². The van der Waals surface area contributed by atoms with Gasteiger partial charge < -0.3 is 15.0 Å². The summed E-state index contributed by atoms with van der Waals surface area (Å²) in [6.45, 7) is 0. The summed E-state index contributed by atoms with van der Waals surface area (Å²) >= 11 is 0. The Morgan fingerprint density at radius 2 is 1.93 bits per heavy atom. The molecule has 0 unspecified atom stereocenters. The van der Waals surface area contributed by atoms with E-state index in [4.69, 9.17) is 20.7 Å². The molecule has 0 saturated carbocycles. The lowest BCUT2D eigenvalue weighted by Gasteiger charge is -2.03. The Kier molecular flexibility index (Phi) is 4.36. The first-order valence-corrected chi connectivity index (χ1v) is 3.48. The van der Waals surface area contributed by atoms with E-state index in [-0.39, 0.29) is 5.75 Å². The summed E-state index contributed by atoms with van der Waals surface area (Å²) in [6.07, 6.45) is -3.77. The minimum atomic E-state index is -5.19. The van der Waals surface area contributed by atoms with Crippen molar-refractivity contribution in [2.45, 2.75) is 6.18 Å². The van der Waals surface area contributed by atoms with Gasteiger partial charge in [0.05, 0.1) is 0 Å². The highest BCUT2D eigenvalue weighted by atomic mass is 19.4. The smallest absolute Gasteiger partial charge is 0.430 e. The summed E-state index contributed by atoms with van der Waals surface area (Å²) in [5.41, 5.74) is 5.26. The van der Waals surface area contributed by atoms with Gasteiger partial charge in [-0.05, 0) is 6.07 Å². The zero-order valence-electron chi connectivity index (χ0n) is 7.21. The third-order valence-corrected chi connectivity index (χ3v) is 1.05. The monoisotopic (exact) mass is 224 g/mol. The van der Waals surface area contributed by atoms with E-state index in [9.17, 15) is 13.2 Å². The summed E-state index contributed by atoms with van der Waals surface area (Å²) in [7, 11) is 0. The molecule has 1 aromatic rings. The molecule has 0 aliphatic rings. The van der Waals surface area contributed by atoms with E-state index in [2.05, 4.69) is 4.98 Å². The van der Waals surface area contributed by atoms with Crippen molar-refractivity contribution >= 4 is 11.8 Å². The number of hydrogen-bond donors (Lipinski definition) is 2. The Bertz CT molecular complexity index is 302. The molecule has 0 aromatic carbocycles. The number of aliphatic carboxylic acids is 1. The number of carbonyl (C=O) groups is 1. The quantitative estimate of drug-likeness (QED) is 0.595. The van der Waals surface area contributed by atoms with Crippen molar-refractivity contribution in [1.82, 2.24) is 0 Å². The Labute approximate surface area is 82.0 Å². The third-order valence-electron chi connectivity index (χ3n) is 1.05. The summed E-state index contributed by atoms with van der Waals surface area (Å²) in [4.78, 5) is 11.4. The van der Waals surface area contributed by atoms with Crippen LogP contribution in [0, 0.1) is 0 Å². The number of halogens is 3. The van der Waals surface area contributed by atoms with E-state index in [0.29, 0.717) is 5.82 Å². The number of carboxylic acid groups (broad SMARTS) is 1. The van der Waals surface area contributed by atoms with Gasteiger partial charge in [0, 0.05) is 6.07 Å². The fourth-order valence-electron chi connectivity index (χ4n) is 0.429. The third kappa shape index (κ3) is 6.13. The van der Waals surface area contributed by atoms with E-state index in [1.54, 1.807) is 6.07 Å². The van der Waals surface area contributed by atoms with Gasteiger partial charge in [-0.15, -0.1) is 0 Å². The molecule has 0 fully saturated rings. The van der Waals surface area contributed by atoms with Gasteiger partial charge in [-0.3, -0.25) is 5.73 Å². The fourth-order valence-corrected chi connectivity index (χ4v) is 0.429. The summed E-state index contributed by atoms with van der Waals surface area (Å²) in [5.74, 6) is -2.27. The van der Waals surface area contributed by atoms with Crippen LogP contribution in [-0.2, 0) is 4.79 Å². The molecule has 5 nitrogen and oxygen atoms in total. The minimum Gasteiger partial charge on any atom is -0.542 e. The van der Waals surface area contributed by atoms with Crippen LogP contribution >= 0.6 is 0 Å². The average molecular weight is 224 g/mol. The molecule has 0 atom stereocenters. The molecule has 0 amide bonds. The summed E-state index contributed by atoms with van der Waals surface area (Å²) in [6, 6.07) is 3.11. The molecule has 0 spiro atoms. The van der Waals surface area contributed by atoms with Gasteiger partial charge in [0.1, 0.15) is 12.2 Å². The number of pyridine rings is 1. The number of nitrogens with two attached hydrogens (primary N) is 1. The first-order valence-electron chi connectivity index (χ1n) is 3.48. The van der Waals surface area contributed by atoms with Gasteiger partial charge in [-0.2, -0.15) is 13.2 Å². The zero-order chi connectivity index (χ0) is 12.1. The standard InChI is InChI=1S/C5H6N2O.C2HF3O2/c6-5-2-1-4(8)3-7-5;3-2(4,5)1(6)7/h1-3,8H,(H2,6,7);(H,6,7). The maximum Gasteiger partial charge on any atom is 0.430 e. The van der Waals surface area contributed by atoms with E-state index < -0.39 is 12.1 Å². The molecule has 84 valence electrons. The SMILES string of the molecule is Nc1ccc(O)c[nH+]1.O=C([O-])C(F)(F)F. The number of nitrogens with one attached hydrogen (secondary N) is 1. The van der Waals surface area contributed by atoms with Gasteiger partial charge in [0.2, 0.25) is 0 Å². The molecule has 0 saturated heterocycles. The topological polar surface area (TPSA) is 101 Å². The molecule has 1 heterocycles. The second kappa shape index (κ2) is 5.03. The molecular formula is C7H7F3N2O3. The Morgan fingerprint density at radius 3 is 2.13 bits per heavy atom. The predicted octanol–water partition coefficient (Wildman–Crippen LogP) is -0.913. The normalized spacial score (nSPS) is 10.1. The van der Waals surface area contributed by atoms with Gasteiger partial charge in [-0.1, -0.05) is 0 Å². The highest BCUT2D eigenvalue weighted by Gasteiger charge is 2.28. The fraction of sp³-hybridized carbons (Fsp3) is 0.143. The number of hydrogen-bond acceptors (Lipinski definition) is 4. The number of carbonyl (C=O) groups excluding carboxylic acids is 1. The number of alkyl halides is 3. The van der Waals surface area contributed by atoms with E-state index in [1.807, 2.05) is 0 Å². The lowest BCUT2D eigenvalue weighted by atomic mass is 10.4. The molecule has 0 aliphatic carbocycles. The van der Waals surface area contributed by atoms with Gasteiger partial charge >= 0.3 is 6.18 Å². The van der Waals surface area contributed by atoms with Crippen LogP contribution in [0.2, 0.25) is 0 Å². The average Bonchev–Trinajstić information content (AvgIpc) is 2.09. The van der Waals surface area contributed by atoms with Crippen LogP contribution < -0.4 is 15.8 Å². The van der Waals surface area contributed by atoms with E-state index in [1.165, 1.54) is 12.3 Å². The molecule has 15 heavy (non-hydrogen) atoms. The van der Waals surface area contributed by atoms with Crippen molar-refractivity contribution in [2.75, 3.05) is 5.73 Å². The van der Waals surface area contributed by atoms with Crippen molar-refractivity contribution < 1.29 is 33.2 Å². The number of rotatable bonds is 0. The van der Waals surface area contributed by atoms with Crippen molar-refractivity contribution in [3.8, 4) is 5.75 Å². The summed E-state index contributed by atoms with van der Waals surface area (Å²) < 4.78 is 31.5. The molecule has 0 bridgehead atoms. The predicted molar refractivity (Wildman–Crippen MR) is 40.1 cm³/mol. The number of aromatic hydroxyl groups is 1. The van der Waals surface area contributed by atoms with E-state index in [0.717, 1.165) is 0 Å². The van der Waals surface area contributed by atoms with Crippen molar-refractivity contribution in [1.29, 1.82) is 0 Å². The van der Waals surface area contributed by atoms with Gasteiger partial charge in [0.25, 0.3) is 5.82 Å².